The van der Waals surface area contributed by atoms with Crippen LogP contribution in [0, 0.1) is 41.5 Å². The second kappa shape index (κ2) is 33.2. The van der Waals surface area contributed by atoms with Gasteiger partial charge in [0.25, 0.3) is 0 Å². The molecule has 0 spiro atoms. The van der Waals surface area contributed by atoms with Crippen LogP contribution in [0.15, 0.2) is 72.8 Å². The van der Waals surface area contributed by atoms with Crippen molar-refractivity contribution in [3.8, 4) is 34.5 Å². The van der Waals surface area contributed by atoms with E-state index >= 15 is 0 Å². The van der Waals surface area contributed by atoms with Crippen molar-refractivity contribution in [3.05, 3.63) is 173 Å². The number of phenols is 6. The second-order valence-electron chi connectivity index (χ2n) is 21.6. The SMILES string of the molecule is Cc1cc2c(O)c(c1)Cc1cc(C)cc(c1O)CNCCOCCONCc1cc(C)cc(c1O)Cc1cc(C)cc(c1O)CNOCCOCCNCc1cc(C)cc(c1O)Cc1cc(C)cc(c1O)CNCCOCCOCCNC2. The Balaban J connectivity index is 0.941. The Kier molecular flexibility index (Phi) is 25.7. The molecule has 0 fully saturated rings. The topological polar surface area (TPSA) is 249 Å². The minimum atomic E-state index is 0.126. The van der Waals surface area contributed by atoms with Gasteiger partial charge in [0.2, 0.25) is 0 Å². The average molecular weight is 1150 g/mol. The summed E-state index contributed by atoms with van der Waals surface area (Å²) in [4.78, 5) is 11.3. The molecule has 1 heterocycles. The van der Waals surface area contributed by atoms with E-state index in [0.717, 1.165) is 77.9 Å². The molecule has 0 saturated carbocycles. The van der Waals surface area contributed by atoms with Crippen LogP contribution in [0.1, 0.15) is 100 Å². The molecule has 18 nitrogen and oxygen atoms in total. The highest BCUT2D eigenvalue weighted by Gasteiger charge is 2.19. The molecule has 0 saturated heterocycles. The number of hydrogen-bond donors (Lipinski definition) is 12. The van der Waals surface area contributed by atoms with Crippen molar-refractivity contribution in [2.24, 2.45) is 0 Å². The maximum atomic E-state index is 11.4. The molecule has 0 unspecified atom stereocenters. The summed E-state index contributed by atoms with van der Waals surface area (Å²) < 4.78 is 23.2. The number of nitrogens with one attached hydrogen (secondary N) is 6. The summed E-state index contributed by atoms with van der Waals surface area (Å²) in [6.45, 7) is 20.3. The summed E-state index contributed by atoms with van der Waals surface area (Å²) in [5.74, 6) is 1.04. The summed E-state index contributed by atoms with van der Waals surface area (Å²) in [7, 11) is 0. The molecule has 18 heteroatoms. The lowest BCUT2D eigenvalue weighted by atomic mass is 9.95. The van der Waals surface area contributed by atoms with Crippen LogP contribution in [0.2, 0.25) is 0 Å². The van der Waals surface area contributed by atoms with Gasteiger partial charge < -0.3 is 70.9 Å². The Bertz CT molecular complexity index is 2850. The molecule has 12 bridgehead atoms. The van der Waals surface area contributed by atoms with E-state index in [2.05, 4.69) is 32.2 Å². The second-order valence-corrected chi connectivity index (χ2v) is 21.6. The smallest absolute Gasteiger partial charge is 0.123 e. The molecule has 0 atom stereocenters. The average Bonchev–Trinajstić information content (AvgIpc) is 3.58. The number of hydrogen-bond acceptors (Lipinski definition) is 18. The molecule has 6 aromatic carbocycles. The zero-order valence-electron chi connectivity index (χ0n) is 49.3. The molecular formula is C65H88N6O12. The van der Waals surface area contributed by atoms with Gasteiger partial charge in [-0.1, -0.05) is 106 Å². The zero-order valence-corrected chi connectivity index (χ0v) is 49.3. The maximum absolute atomic E-state index is 11.4. The molecule has 6 aromatic rings. The lowest BCUT2D eigenvalue weighted by Gasteiger charge is -2.16. The Hall–Kier alpha value is -6.36. The molecule has 83 heavy (non-hydrogen) atoms. The molecule has 0 aliphatic carbocycles. The first-order valence-corrected chi connectivity index (χ1v) is 28.8. The zero-order chi connectivity index (χ0) is 59.1. The normalized spacial score (nSPS) is 16.8. The molecule has 12 N–H and O–H groups in total. The third-order valence-electron chi connectivity index (χ3n) is 14.3. The van der Waals surface area contributed by atoms with Gasteiger partial charge in [-0.25, -0.2) is 0 Å². The largest absolute Gasteiger partial charge is 0.507 e. The van der Waals surface area contributed by atoms with Crippen LogP contribution in [-0.2, 0) is 87.2 Å². The first-order chi connectivity index (χ1) is 40.1. The third kappa shape index (κ3) is 20.2. The van der Waals surface area contributed by atoms with Gasteiger partial charge in [-0.05, 0) is 74.9 Å². The number of fused-ring (bicyclic) bond motifs is 12. The van der Waals surface area contributed by atoms with Crippen LogP contribution in [0.5, 0.6) is 34.5 Å². The molecule has 1 aliphatic heterocycles. The quantitative estimate of drug-likeness (QED) is 0.0707. The fourth-order valence-electron chi connectivity index (χ4n) is 10.4. The van der Waals surface area contributed by atoms with Gasteiger partial charge >= 0.3 is 0 Å². The van der Waals surface area contributed by atoms with E-state index in [1.807, 2.05) is 114 Å². The molecule has 0 aromatic heterocycles. The molecule has 7 rings (SSSR count). The minimum absolute atomic E-state index is 0.126. The molecule has 1 aliphatic rings. The molecule has 0 amide bonds. The van der Waals surface area contributed by atoms with Gasteiger partial charge in [0, 0.05) is 118 Å². The fraction of sp³-hybridized carbons (Fsp3) is 0.446. The van der Waals surface area contributed by atoms with Crippen molar-refractivity contribution in [1.82, 2.24) is 32.2 Å². The highest BCUT2D eigenvalue weighted by atomic mass is 16.7. The highest BCUT2D eigenvalue weighted by molar-refractivity contribution is 5.53. The summed E-state index contributed by atoms with van der Waals surface area (Å²) in [6, 6.07) is 23.3. The first-order valence-electron chi connectivity index (χ1n) is 28.8. The first kappa shape index (κ1) is 64.2. The fourth-order valence-corrected chi connectivity index (χ4v) is 10.4. The molecular weight excluding hydrogens is 1060 g/mol. The van der Waals surface area contributed by atoms with Crippen LogP contribution >= 0.6 is 0 Å². The van der Waals surface area contributed by atoms with E-state index in [1.165, 1.54) is 0 Å². The lowest BCUT2D eigenvalue weighted by molar-refractivity contribution is -0.00726. The number of aromatic hydroxyl groups is 6. The minimum Gasteiger partial charge on any atom is -0.507 e. The van der Waals surface area contributed by atoms with Gasteiger partial charge in [-0.2, -0.15) is 11.0 Å². The molecule has 450 valence electrons. The van der Waals surface area contributed by atoms with Crippen LogP contribution in [-0.4, -0.2) is 123 Å². The summed E-state index contributed by atoms with van der Waals surface area (Å²) in [5, 5.41) is 81.7. The molecule has 0 radical (unpaired) electrons. The van der Waals surface area contributed by atoms with Crippen molar-refractivity contribution >= 4 is 0 Å². The number of hydroxylamine groups is 2. The predicted molar refractivity (Wildman–Crippen MR) is 321 cm³/mol. The van der Waals surface area contributed by atoms with Gasteiger partial charge in [0.15, 0.2) is 0 Å². The summed E-state index contributed by atoms with van der Waals surface area (Å²) in [6.07, 6.45) is 1.03. The highest BCUT2D eigenvalue weighted by Crippen LogP contribution is 2.35. The number of aryl methyl sites for hydroxylation is 6. The maximum Gasteiger partial charge on any atom is 0.123 e. The van der Waals surface area contributed by atoms with Crippen molar-refractivity contribution in [3.63, 3.8) is 0 Å². The summed E-state index contributed by atoms with van der Waals surface area (Å²) >= 11 is 0. The van der Waals surface area contributed by atoms with Crippen molar-refractivity contribution in [1.29, 1.82) is 0 Å². The number of rotatable bonds is 0. The Morgan fingerprint density at radius 1 is 0.253 bits per heavy atom. The Morgan fingerprint density at radius 3 is 0.675 bits per heavy atom. The summed E-state index contributed by atoms with van der Waals surface area (Å²) in [5.41, 5.74) is 20.5. The van der Waals surface area contributed by atoms with E-state index in [1.54, 1.807) is 0 Å². The van der Waals surface area contributed by atoms with E-state index in [-0.39, 0.29) is 60.8 Å². The number of benzene rings is 6. The predicted octanol–water partition coefficient (Wildman–Crippen LogP) is 7.42. The van der Waals surface area contributed by atoms with Crippen LogP contribution in [0.25, 0.3) is 0 Å². The van der Waals surface area contributed by atoms with E-state index in [4.69, 9.17) is 28.6 Å². The van der Waals surface area contributed by atoms with Gasteiger partial charge in [-0.3, -0.25) is 9.68 Å². The third-order valence-corrected chi connectivity index (χ3v) is 14.3. The van der Waals surface area contributed by atoms with E-state index in [0.29, 0.717) is 147 Å². The van der Waals surface area contributed by atoms with Crippen LogP contribution in [0.4, 0.5) is 0 Å². The monoisotopic (exact) mass is 1140 g/mol. The van der Waals surface area contributed by atoms with Gasteiger partial charge in [0.1, 0.15) is 34.5 Å². The van der Waals surface area contributed by atoms with Crippen molar-refractivity contribution in [2.75, 3.05) is 92.2 Å². The van der Waals surface area contributed by atoms with Crippen molar-refractivity contribution < 1.29 is 59.3 Å². The van der Waals surface area contributed by atoms with Gasteiger partial charge in [-0.15, -0.1) is 0 Å². The lowest BCUT2D eigenvalue weighted by Crippen LogP contribution is -2.22. The van der Waals surface area contributed by atoms with E-state index in [9.17, 15) is 30.6 Å². The van der Waals surface area contributed by atoms with E-state index < -0.39 is 0 Å². The van der Waals surface area contributed by atoms with Crippen molar-refractivity contribution in [2.45, 2.75) is 100 Å². The number of ether oxygens (including phenoxy) is 4. The van der Waals surface area contributed by atoms with Crippen LogP contribution in [0.3, 0.4) is 0 Å². The Labute approximate surface area is 489 Å². The van der Waals surface area contributed by atoms with Crippen LogP contribution < -0.4 is 32.2 Å². The number of phenolic OH excluding ortho intramolecular Hbond substituents is 6. The van der Waals surface area contributed by atoms with Gasteiger partial charge in [0.05, 0.1) is 66.1 Å². The Morgan fingerprint density at radius 2 is 0.446 bits per heavy atom. The standard InChI is InChI=1S/C65H88N6O12/c1-42-21-48-33-50-23-44(3)29-56(62(50)74)38-68-9-13-80-17-19-82-70-40-58-31-46(5)25-52(64(58)76)35-53-26-47(6)32-59(65(53)77)41-71-83-20-18-81-14-10-69-39-57-30-45(4)24-51(63(57)75)34-49-22-43(2)28-55(61(49)73)37-67-8-12-79-16-15-78-11-7-66-36-54(27-42)60(48)72/h21-32,66-77H,7-20,33-41H2,1-6H3.